The molecular formula is C21H33N3O3S. The predicted molar refractivity (Wildman–Crippen MR) is 113 cm³/mol. The van der Waals surface area contributed by atoms with Crippen molar-refractivity contribution in [2.45, 2.75) is 52.0 Å². The van der Waals surface area contributed by atoms with Crippen molar-refractivity contribution in [3.8, 4) is 0 Å². The maximum Gasteiger partial charge on any atom is 0.227 e. The van der Waals surface area contributed by atoms with Gasteiger partial charge in [0, 0.05) is 37.9 Å². The van der Waals surface area contributed by atoms with Gasteiger partial charge >= 0.3 is 0 Å². The van der Waals surface area contributed by atoms with Gasteiger partial charge in [0.1, 0.15) is 0 Å². The second kappa shape index (κ2) is 8.82. The van der Waals surface area contributed by atoms with E-state index in [4.69, 9.17) is 0 Å². The van der Waals surface area contributed by atoms with E-state index in [0.29, 0.717) is 19.5 Å². The summed E-state index contributed by atoms with van der Waals surface area (Å²) >= 11 is 0. The number of carbonyl (C=O) groups excluding carboxylic acids is 1. The van der Waals surface area contributed by atoms with E-state index in [9.17, 15) is 13.2 Å². The van der Waals surface area contributed by atoms with Crippen molar-refractivity contribution in [2.24, 2.45) is 5.41 Å². The molecule has 0 aromatic heterocycles. The molecule has 156 valence electrons. The van der Waals surface area contributed by atoms with Crippen molar-refractivity contribution < 1.29 is 13.2 Å². The molecule has 1 amide bonds. The number of sulfonamides is 1. The first-order valence-electron chi connectivity index (χ1n) is 10.5. The fourth-order valence-electron chi connectivity index (χ4n) is 4.94. The molecule has 28 heavy (non-hydrogen) atoms. The summed E-state index contributed by atoms with van der Waals surface area (Å²) in [5.41, 5.74) is 0.581. The zero-order valence-corrected chi connectivity index (χ0v) is 17.9. The molecule has 7 heteroatoms. The molecular weight excluding hydrogens is 374 g/mol. The standard InChI is InChI=1S/C21H33N3O3S/c1-3-23(18-10-6-5-7-11-18)16-15-22-20(25)21-13-9-8-12-19(21)24(4-2)28(26,27)17-14-21/h5-7,10-11,19H,3-4,8-9,12-17H2,1-2H3,(H,22,25)/t19-,21-/m1/s1. The molecule has 1 aromatic carbocycles. The van der Waals surface area contributed by atoms with E-state index in [1.54, 1.807) is 4.31 Å². The lowest BCUT2D eigenvalue weighted by atomic mass is 9.67. The van der Waals surface area contributed by atoms with E-state index in [2.05, 4.69) is 29.3 Å². The molecule has 1 saturated carbocycles. The molecule has 1 heterocycles. The van der Waals surface area contributed by atoms with Crippen LogP contribution < -0.4 is 10.2 Å². The van der Waals surface area contributed by atoms with Crippen LogP contribution in [-0.2, 0) is 14.8 Å². The summed E-state index contributed by atoms with van der Waals surface area (Å²) in [6, 6.07) is 9.99. The largest absolute Gasteiger partial charge is 0.370 e. The van der Waals surface area contributed by atoms with Crippen LogP contribution in [0.25, 0.3) is 0 Å². The number of anilines is 1. The normalized spacial score (nSPS) is 27.0. The maximum atomic E-state index is 13.3. The lowest BCUT2D eigenvalue weighted by molar-refractivity contribution is -0.137. The fraction of sp³-hybridized carbons (Fsp3) is 0.667. The van der Waals surface area contributed by atoms with Crippen molar-refractivity contribution in [1.29, 1.82) is 0 Å². The number of hydrogen-bond acceptors (Lipinski definition) is 4. The third-order valence-electron chi connectivity index (χ3n) is 6.43. The van der Waals surface area contributed by atoms with Crippen LogP contribution in [0.5, 0.6) is 0 Å². The summed E-state index contributed by atoms with van der Waals surface area (Å²) in [7, 11) is -3.24. The molecule has 1 aliphatic carbocycles. The molecule has 0 bridgehead atoms. The zero-order valence-electron chi connectivity index (χ0n) is 17.1. The smallest absolute Gasteiger partial charge is 0.227 e. The third kappa shape index (κ3) is 4.06. The van der Waals surface area contributed by atoms with Crippen LogP contribution in [-0.4, -0.2) is 56.6 Å². The van der Waals surface area contributed by atoms with Gasteiger partial charge < -0.3 is 10.2 Å². The van der Waals surface area contributed by atoms with Crippen molar-refractivity contribution in [2.75, 3.05) is 36.8 Å². The highest BCUT2D eigenvalue weighted by atomic mass is 32.2. The van der Waals surface area contributed by atoms with Gasteiger partial charge in [-0.2, -0.15) is 4.31 Å². The molecule has 2 aliphatic rings. The summed E-state index contributed by atoms with van der Waals surface area (Å²) in [4.78, 5) is 15.5. The molecule has 6 nitrogen and oxygen atoms in total. The molecule has 1 aliphatic heterocycles. The minimum atomic E-state index is -3.24. The van der Waals surface area contributed by atoms with Crippen LogP contribution in [0.3, 0.4) is 0 Å². The van der Waals surface area contributed by atoms with Crippen molar-refractivity contribution in [3.05, 3.63) is 30.3 Å². The lowest BCUT2D eigenvalue weighted by Gasteiger charge is -2.50. The quantitative estimate of drug-likeness (QED) is 0.754. The fourth-order valence-corrected chi connectivity index (χ4v) is 6.88. The van der Waals surface area contributed by atoms with Gasteiger partial charge in [-0.1, -0.05) is 38.0 Å². The molecule has 1 N–H and O–H groups in total. The molecule has 0 radical (unpaired) electrons. The average molecular weight is 408 g/mol. The van der Waals surface area contributed by atoms with Gasteiger partial charge in [0.15, 0.2) is 0 Å². The molecule has 1 aromatic rings. The van der Waals surface area contributed by atoms with Crippen molar-refractivity contribution in [3.63, 3.8) is 0 Å². The van der Waals surface area contributed by atoms with E-state index in [-0.39, 0.29) is 17.7 Å². The Morgan fingerprint density at radius 3 is 2.64 bits per heavy atom. The highest BCUT2D eigenvalue weighted by molar-refractivity contribution is 7.89. The summed E-state index contributed by atoms with van der Waals surface area (Å²) in [5, 5.41) is 3.15. The summed E-state index contributed by atoms with van der Waals surface area (Å²) in [5.74, 6) is 0.116. The number of fused-ring (bicyclic) bond motifs is 1. The monoisotopic (exact) mass is 407 g/mol. The molecule has 3 rings (SSSR count). The van der Waals surface area contributed by atoms with Crippen LogP contribution >= 0.6 is 0 Å². The van der Waals surface area contributed by atoms with Gasteiger partial charge in [-0.3, -0.25) is 4.79 Å². The van der Waals surface area contributed by atoms with Crippen LogP contribution in [0.4, 0.5) is 5.69 Å². The SMILES string of the molecule is CCN(CCNC(=O)[C@@]12CCCC[C@H]1N(CC)S(=O)(=O)CC2)c1ccccc1. The highest BCUT2D eigenvalue weighted by Crippen LogP contribution is 2.46. The minimum absolute atomic E-state index is 0.0367. The number of nitrogens with one attached hydrogen (secondary N) is 1. The van der Waals surface area contributed by atoms with Crippen molar-refractivity contribution >= 4 is 21.6 Å². The molecule has 1 saturated heterocycles. The average Bonchev–Trinajstić information content (AvgIpc) is 2.71. The van der Waals surface area contributed by atoms with Crippen LogP contribution in [0.2, 0.25) is 0 Å². The van der Waals surface area contributed by atoms with E-state index in [1.165, 1.54) is 0 Å². The Hall–Kier alpha value is -1.60. The van der Waals surface area contributed by atoms with Gasteiger partial charge in [-0.05, 0) is 38.3 Å². The number of benzene rings is 1. The van der Waals surface area contributed by atoms with Gasteiger partial charge in [-0.25, -0.2) is 8.42 Å². The van der Waals surface area contributed by atoms with E-state index in [1.807, 2.05) is 25.1 Å². The Balaban J connectivity index is 1.68. The van der Waals surface area contributed by atoms with Crippen LogP contribution in [0.15, 0.2) is 30.3 Å². The number of carbonyl (C=O) groups is 1. The number of likely N-dealkylation sites (N-methyl/N-ethyl adjacent to an activating group) is 1. The Morgan fingerprint density at radius 1 is 1.21 bits per heavy atom. The molecule has 2 fully saturated rings. The Kier molecular flexibility index (Phi) is 6.65. The molecule has 2 atom stereocenters. The van der Waals surface area contributed by atoms with Gasteiger partial charge in [0.2, 0.25) is 15.9 Å². The summed E-state index contributed by atoms with van der Waals surface area (Å²) < 4.78 is 26.6. The summed E-state index contributed by atoms with van der Waals surface area (Å²) in [6.07, 6.45) is 3.99. The number of hydrogen-bond donors (Lipinski definition) is 1. The number of para-hydroxylation sites is 1. The van der Waals surface area contributed by atoms with E-state index in [0.717, 1.165) is 44.5 Å². The summed E-state index contributed by atoms with van der Waals surface area (Å²) in [6.45, 7) is 6.60. The van der Waals surface area contributed by atoms with E-state index < -0.39 is 15.4 Å². The van der Waals surface area contributed by atoms with Crippen LogP contribution in [0, 0.1) is 5.41 Å². The second-order valence-corrected chi connectivity index (χ2v) is 9.90. The molecule has 0 spiro atoms. The van der Waals surface area contributed by atoms with Gasteiger partial charge in [0.05, 0.1) is 11.2 Å². The third-order valence-corrected chi connectivity index (χ3v) is 8.38. The van der Waals surface area contributed by atoms with Gasteiger partial charge in [0.25, 0.3) is 0 Å². The second-order valence-electron chi connectivity index (χ2n) is 7.86. The Labute approximate surface area is 169 Å². The first-order valence-corrected chi connectivity index (χ1v) is 12.1. The Bertz CT molecular complexity index is 768. The minimum Gasteiger partial charge on any atom is -0.370 e. The van der Waals surface area contributed by atoms with Crippen LogP contribution in [0.1, 0.15) is 46.0 Å². The Morgan fingerprint density at radius 2 is 1.96 bits per heavy atom. The highest BCUT2D eigenvalue weighted by Gasteiger charge is 2.54. The lowest BCUT2D eigenvalue weighted by Crippen LogP contribution is -2.62. The number of rotatable bonds is 7. The number of nitrogens with zero attached hydrogens (tertiary/aromatic N) is 2. The topological polar surface area (TPSA) is 69.7 Å². The molecule has 0 unspecified atom stereocenters. The van der Waals surface area contributed by atoms with Crippen molar-refractivity contribution in [1.82, 2.24) is 9.62 Å². The predicted octanol–water partition coefficient (Wildman–Crippen LogP) is 2.61. The van der Waals surface area contributed by atoms with E-state index >= 15 is 0 Å². The number of amides is 1. The first kappa shape index (κ1) is 21.1. The van der Waals surface area contributed by atoms with Gasteiger partial charge in [-0.15, -0.1) is 0 Å². The zero-order chi connectivity index (χ0) is 20.2. The maximum absolute atomic E-state index is 13.3. The first-order chi connectivity index (χ1) is 13.4.